The third-order valence-electron chi connectivity index (χ3n) is 6.39. The van der Waals surface area contributed by atoms with E-state index in [9.17, 15) is 19.6 Å². The quantitative estimate of drug-likeness (QED) is 0.501. The van der Waals surface area contributed by atoms with Crippen molar-refractivity contribution in [2.45, 2.75) is 38.8 Å². The lowest BCUT2D eigenvalue weighted by atomic mass is 9.83. The van der Waals surface area contributed by atoms with Gasteiger partial charge in [-0.2, -0.15) is 5.23 Å². The summed E-state index contributed by atoms with van der Waals surface area (Å²) < 4.78 is 1.81. The van der Waals surface area contributed by atoms with Crippen molar-refractivity contribution >= 4 is 23.3 Å². The van der Waals surface area contributed by atoms with Crippen molar-refractivity contribution in [2.75, 3.05) is 18.4 Å². The summed E-state index contributed by atoms with van der Waals surface area (Å²) in [6.07, 6.45) is 0.938. The van der Waals surface area contributed by atoms with Crippen LogP contribution in [0, 0.1) is 17.0 Å². The van der Waals surface area contributed by atoms with Crippen LogP contribution in [0.5, 0.6) is 0 Å². The van der Waals surface area contributed by atoms with Crippen molar-refractivity contribution in [1.82, 2.24) is 14.8 Å². The Morgan fingerprint density at radius 3 is 2.52 bits per heavy atom. The number of carbonyl (C=O) groups excluding carboxylic acids is 2. The predicted molar refractivity (Wildman–Crippen MR) is 121 cm³/mol. The van der Waals surface area contributed by atoms with Crippen LogP contribution in [-0.2, 0) is 11.3 Å². The first kappa shape index (κ1) is 23.0. The maximum atomic E-state index is 13.1. The molecular weight excluding hydrogens is 426 g/mol. The fourth-order valence-corrected chi connectivity index (χ4v) is 4.74. The molecule has 0 aliphatic carbocycles. The third-order valence-corrected chi connectivity index (χ3v) is 6.39. The number of hydrogen-bond donors (Lipinski definition) is 4. The lowest BCUT2D eigenvalue weighted by Crippen LogP contribution is -2.99. The topological polar surface area (TPSA) is 131 Å². The SMILES string of the molecule is CC(C)C(NC(=O)N1CC2CC(C1)c1cccc(=O)n1C2)C(=O)Nc1ccc([NH+]([O-])O)cc1. The van der Waals surface area contributed by atoms with Crippen LogP contribution in [0.1, 0.15) is 31.9 Å². The van der Waals surface area contributed by atoms with Gasteiger partial charge in [-0.15, -0.1) is 0 Å². The Morgan fingerprint density at radius 2 is 1.85 bits per heavy atom. The van der Waals surface area contributed by atoms with Crippen LogP contribution < -0.4 is 21.4 Å². The number of urea groups is 1. The molecule has 10 heteroatoms. The van der Waals surface area contributed by atoms with E-state index in [1.165, 1.54) is 24.3 Å². The molecule has 3 amide bonds. The van der Waals surface area contributed by atoms with Gasteiger partial charge in [-0.05, 0) is 36.5 Å². The first-order valence-corrected chi connectivity index (χ1v) is 11.1. The van der Waals surface area contributed by atoms with Gasteiger partial charge in [0.15, 0.2) is 5.69 Å². The highest BCUT2D eigenvalue weighted by Crippen LogP contribution is 2.34. The molecule has 10 nitrogen and oxygen atoms in total. The lowest BCUT2D eigenvalue weighted by molar-refractivity contribution is -0.991. The molecule has 2 aromatic rings. The number of rotatable bonds is 5. The minimum absolute atomic E-state index is 0.00645. The molecule has 1 aromatic heterocycles. The summed E-state index contributed by atoms with van der Waals surface area (Å²) in [4.78, 5) is 39.9. The number of nitrogens with zero attached hydrogens (tertiary/aromatic N) is 2. The van der Waals surface area contributed by atoms with Crippen LogP contribution in [0.3, 0.4) is 0 Å². The molecule has 2 aliphatic rings. The minimum atomic E-state index is -1.04. The van der Waals surface area contributed by atoms with Crippen molar-refractivity contribution in [3.63, 3.8) is 0 Å². The second-order valence-electron chi connectivity index (χ2n) is 9.15. The van der Waals surface area contributed by atoms with E-state index < -0.39 is 11.3 Å². The van der Waals surface area contributed by atoms with Crippen LogP contribution >= 0.6 is 0 Å². The van der Waals surface area contributed by atoms with E-state index in [-0.39, 0.29) is 40.9 Å². The van der Waals surface area contributed by atoms with Gasteiger partial charge < -0.3 is 25.3 Å². The Morgan fingerprint density at radius 1 is 1.12 bits per heavy atom. The van der Waals surface area contributed by atoms with Crippen molar-refractivity contribution in [1.29, 1.82) is 0 Å². The molecule has 0 spiro atoms. The summed E-state index contributed by atoms with van der Waals surface area (Å²) in [5, 5.41) is 24.6. The van der Waals surface area contributed by atoms with E-state index in [4.69, 9.17) is 5.21 Å². The average molecular weight is 456 g/mol. The molecule has 33 heavy (non-hydrogen) atoms. The molecule has 2 bridgehead atoms. The zero-order valence-corrected chi connectivity index (χ0v) is 18.7. The molecule has 0 radical (unpaired) electrons. The van der Waals surface area contributed by atoms with Gasteiger partial charge in [0.25, 0.3) is 5.56 Å². The van der Waals surface area contributed by atoms with Gasteiger partial charge in [-0.1, -0.05) is 19.9 Å². The molecule has 4 N–H and O–H groups in total. The van der Waals surface area contributed by atoms with Crippen LogP contribution in [0.25, 0.3) is 0 Å². The molecule has 4 rings (SSSR count). The smallest absolute Gasteiger partial charge is 0.318 e. The number of carbonyl (C=O) groups is 2. The third kappa shape index (κ3) is 4.92. The summed E-state index contributed by atoms with van der Waals surface area (Å²) in [6, 6.07) is 10.1. The van der Waals surface area contributed by atoms with Gasteiger partial charge >= 0.3 is 6.03 Å². The highest BCUT2D eigenvalue weighted by molar-refractivity contribution is 5.97. The zero-order valence-electron chi connectivity index (χ0n) is 18.7. The fourth-order valence-electron chi connectivity index (χ4n) is 4.74. The van der Waals surface area contributed by atoms with E-state index in [1.54, 1.807) is 17.0 Å². The van der Waals surface area contributed by atoms with Crippen LogP contribution in [0.4, 0.5) is 16.2 Å². The van der Waals surface area contributed by atoms with Crippen LogP contribution in [-0.4, -0.2) is 45.7 Å². The number of likely N-dealkylation sites (tertiary alicyclic amines) is 1. The van der Waals surface area contributed by atoms with Gasteiger partial charge in [-0.25, -0.2) is 10.0 Å². The number of amides is 3. The monoisotopic (exact) mass is 455 g/mol. The number of anilines is 1. The summed E-state index contributed by atoms with van der Waals surface area (Å²) in [5.74, 6) is -0.233. The summed E-state index contributed by atoms with van der Waals surface area (Å²) in [6.45, 7) is 5.33. The number of piperidine rings is 1. The standard InChI is InChI=1S/C23H29N5O5/c1-14(2)21(22(30)24-17-6-8-18(9-7-17)28(32)33)25-23(31)26-11-15-10-16(13-26)19-4-3-5-20(29)27(19)12-15/h3-9,14-16,21,28,32H,10-13H2,1-2H3,(H,24,30)(H,25,31). The Kier molecular flexibility index (Phi) is 6.50. The Hall–Kier alpha value is -3.21. The Balaban J connectivity index is 1.42. The number of pyridine rings is 1. The zero-order chi connectivity index (χ0) is 23.7. The van der Waals surface area contributed by atoms with Crippen molar-refractivity contribution in [2.24, 2.45) is 11.8 Å². The number of hydrogen-bond acceptors (Lipinski definition) is 5. The fraction of sp³-hybridized carbons (Fsp3) is 0.435. The van der Waals surface area contributed by atoms with Gasteiger partial charge in [0.2, 0.25) is 5.91 Å². The highest BCUT2D eigenvalue weighted by atomic mass is 16.8. The number of benzene rings is 1. The van der Waals surface area contributed by atoms with Crippen LogP contribution in [0.2, 0.25) is 0 Å². The molecular formula is C23H29N5O5. The lowest BCUT2D eigenvalue weighted by Gasteiger charge is -2.43. The molecule has 2 aliphatic heterocycles. The maximum absolute atomic E-state index is 13.1. The number of fused-ring (bicyclic) bond motifs is 4. The number of aromatic nitrogens is 1. The van der Waals surface area contributed by atoms with Gasteiger partial charge in [0, 0.05) is 55.1 Å². The van der Waals surface area contributed by atoms with E-state index in [0.717, 1.165) is 12.1 Å². The predicted octanol–water partition coefficient (Wildman–Crippen LogP) is 1.04. The first-order valence-electron chi connectivity index (χ1n) is 11.1. The van der Waals surface area contributed by atoms with E-state index >= 15 is 0 Å². The maximum Gasteiger partial charge on any atom is 0.318 e. The van der Waals surface area contributed by atoms with Gasteiger partial charge in [0.05, 0.1) is 0 Å². The normalized spacial score (nSPS) is 21.2. The molecule has 1 fully saturated rings. The van der Waals surface area contributed by atoms with E-state index in [0.29, 0.717) is 25.3 Å². The molecule has 4 atom stereocenters. The summed E-state index contributed by atoms with van der Waals surface area (Å²) in [5.41, 5.74) is 1.54. The first-order chi connectivity index (χ1) is 15.7. The summed E-state index contributed by atoms with van der Waals surface area (Å²) in [7, 11) is 0. The number of nitrogens with one attached hydrogen (secondary N) is 3. The van der Waals surface area contributed by atoms with E-state index in [1.807, 2.05) is 24.5 Å². The van der Waals surface area contributed by atoms with Crippen molar-refractivity contribution in [3.8, 4) is 0 Å². The van der Waals surface area contributed by atoms with Crippen molar-refractivity contribution in [3.05, 3.63) is 63.7 Å². The molecule has 3 heterocycles. The molecule has 1 aromatic carbocycles. The molecule has 1 saturated heterocycles. The minimum Gasteiger partial charge on any atom is -0.595 e. The van der Waals surface area contributed by atoms with Gasteiger partial charge in [-0.3, -0.25) is 9.59 Å². The van der Waals surface area contributed by atoms with Crippen molar-refractivity contribution < 1.29 is 20.0 Å². The molecule has 176 valence electrons. The average Bonchev–Trinajstić information content (AvgIpc) is 2.78. The molecule has 0 saturated carbocycles. The highest BCUT2D eigenvalue weighted by Gasteiger charge is 2.37. The summed E-state index contributed by atoms with van der Waals surface area (Å²) >= 11 is 0. The molecule has 4 unspecified atom stereocenters. The number of quaternary nitrogens is 1. The second-order valence-corrected chi connectivity index (χ2v) is 9.15. The van der Waals surface area contributed by atoms with Crippen LogP contribution in [0.15, 0.2) is 47.3 Å². The second kappa shape index (κ2) is 9.34. The van der Waals surface area contributed by atoms with E-state index in [2.05, 4.69) is 10.6 Å². The largest absolute Gasteiger partial charge is 0.595 e. The Bertz CT molecular complexity index is 1080. The van der Waals surface area contributed by atoms with Gasteiger partial charge in [0.1, 0.15) is 6.04 Å². The Labute approximate surface area is 191 Å².